The van der Waals surface area contributed by atoms with E-state index in [-0.39, 0.29) is 0 Å². The highest BCUT2D eigenvalue weighted by atomic mass is 31.2. The summed E-state index contributed by atoms with van der Waals surface area (Å²) in [6, 6.07) is 0. The first-order valence-electron chi connectivity index (χ1n) is 4.43. The Labute approximate surface area is 71.9 Å². The first-order chi connectivity index (χ1) is 5.12. The van der Waals surface area contributed by atoms with Crippen LogP contribution >= 0.6 is 7.26 Å². The second-order valence-electron chi connectivity index (χ2n) is 3.73. The number of hydrogen-bond acceptors (Lipinski definition) is 1. The van der Waals surface area contributed by atoms with Crippen LogP contribution in [-0.2, 0) is 4.74 Å². The summed E-state index contributed by atoms with van der Waals surface area (Å²) < 4.78 is 5.09. The van der Waals surface area contributed by atoms with E-state index in [1.165, 1.54) is 25.2 Å². The summed E-state index contributed by atoms with van der Waals surface area (Å²) in [6.07, 6.45) is 5.46. The average Bonchev–Trinajstić information content (AvgIpc) is 1.97. The Kier molecular flexibility index (Phi) is 6.18. The molecule has 2 heteroatoms. The standard InChI is InChI=1S/C9H22OP/c1-5-6-8-11(3,4)9-7-10-2/h5-9H2,1-4H3/q+1. The van der Waals surface area contributed by atoms with Crippen LogP contribution in [0.3, 0.4) is 0 Å². The van der Waals surface area contributed by atoms with Crippen molar-refractivity contribution in [2.75, 3.05) is 39.4 Å². The monoisotopic (exact) mass is 177 g/mol. The van der Waals surface area contributed by atoms with Crippen LogP contribution < -0.4 is 0 Å². The molecule has 0 amide bonds. The van der Waals surface area contributed by atoms with Crippen molar-refractivity contribution >= 4 is 7.26 Å². The zero-order valence-electron chi connectivity index (χ0n) is 8.39. The van der Waals surface area contributed by atoms with Crippen molar-refractivity contribution in [3.05, 3.63) is 0 Å². The van der Waals surface area contributed by atoms with E-state index in [2.05, 4.69) is 20.3 Å². The number of unbranched alkanes of at least 4 members (excludes halogenated alkanes) is 1. The summed E-state index contributed by atoms with van der Waals surface area (Å²) in [5, 5.41) is 0. The van der Waals surface area contributed by atoms with Crippen molar-refractivity contribution in [1.82, 2.24) is 0 Å². The lowest BCUT2D eigenvalue weighted by atomic mass is 10.4. The van der Waals surface area contributed by atoms with E-state index in [0.29, 0.717) is 0 Å². The van der Waals surface area contributed by atoms with Crippen LogP contribution in [0.1, 0.15) is 19.8 Å². The summed E-state index contributed by atoms with van der Waals surface area (Å²) >= 11 is 0. The fourth-order valence-corrected chi connectivity index (χ4v) is 3.11. The Morgan fingerprint density at radius 3 is 2.27 bits per heavy atom. The smallest absolute Gasteiger partial charge is 0.0822 e. The fourth-order valence-electron chi connectivity index (χ4n) is 1.04. The average molecular weight is 177 g/mol. The van der Waals surface area contributed by atoms with Crippen molar-refractivity contribution < 1.29 is 4.74 Å². The highest BCUT2D eigenvalue weighted by Crippen LogP contribution is 2.51. The fraction of sp³-hybridized carbons (Fsp3) is 1.00. The van der Waals surface area contributed by atoms with Crippen LogP contribution in [0.25, 0.3) is 0 Å². The minimum absolute atomic E-state index is 0.601. The molecule has 0 aliphatic carbocycles. The maximum absolute atomic E-state index is 5.09. The molecule has 1 nitrogen and oxygen atoms in total. The molecule has 11 heavy (non-hydrogen) atoms. The van der Waals surface area contributed by atoms with E-state index in [1.807, 2.05) is 0 Å². The van der Waals surface area contributed by atoms with Crippen LogP contribution in [0.4, 0.5) is 0 Å². The van der Waals surface area contributed by atoms with E-state index in [4.69, 9.17) is 4.74 Å². The predicted molar refractivity (Wildman–Crippen MR) is 55.3 cm³/mol. The molecule has 68 valence electrons. The molecule has 0 fully saturated rings. The lowest BCUT2D eigenvalue weighted by Gasteiger charge is -2.16. The summed E-state index contributed by atoms with van der Waals surface area (Å²) in [5.41, 5.74) is 0. The summed E-state index contributed by atoms with van der Waals surface area (Å²) in [4.78, 5) is 0. The third-order valence-corrected chi connectivity index (χ3v) is 4.94. The number of methoxy groups -OCH3 is 1. The molecule has 0 unspecified atom stereocenters. The predicted octanol–water partition coefficient (Wildman–Crippen LogP) is 2.71. The molecular formula is C9H22OP+. The van der Waals surface area contributed by atoms with E-state index in [1.54, 1.807) is 7.11 Å². The molecule has 0 aromatic carbocycles. The van der Waals surface area contributed by atoms with Crippen molar-refractivity contribution in [2.24, 2.45) is 0 Å². The van der Waals surface area contributed by atoms with Gasteiger partial charge in [-0.1, -0.05) is 13.3 Å². The largest absolute Gasteiger partial charge is 0.381 e. The molecule has 0 bridgehead atoms. The second-order valence-corrected chi connectivity index (χ2v) is 8.50. The molecule has 0 saturated heterocycles. The van der Waals surface area contributed by atoms with E-state index in [0.717, 1.165) is 6.61 Å². The molecule has 0 N–H and O–H groups in total. The van der Waals surface area contributed by atoms with Crippen LogP contribution in [0.2, 0.25) is 0 Å². The van der Waals surface area contributed by atoms with Gasteiger partial charge in [0.15, 0.2) is 0 Å². The molecule has 0 aromatic rings. The van der Waals surface area contributed by atoms with Gasteiger partial charge in [0, 0.05) is 27.7 Å². The molecule has 0 spiro atoms. The Bertz CT molecular complexity index is 81.6. The Balaban J connectivity index is 3.43. The van der Waals surface area contributed by atoms with Gasteiger partial charge in [0.25, 0.3) is 0 Å². The first-order valence-corrected chi connectivity index (χ1v) is 7.48. The second kappa shape index (κ2) is 5.97. The SMILES string of the molecule is CCCC[P+](C)(C)CCOC. The lowest BCUT2D eigenvalue weighted by molar-refractivity contribution is 0.217. The van der Waals surface area contributed by atoms with Gasteiger partial charge in [-0.25, -0.2) is 0 Å². The molecule has 0 aromatic heterocycles. The summed E-state index contributed by atoms with van der Waals surface area (Å²) in [6.45, 7) is 8.07. The van der Waals surface area contributed by atoms with Gasteiger partial charge >= 0.3 is 0 Å². The molecule has 0 atom stereocenters. The molecule has 0 aliphatic heterocycles. The Morgan fingerprint density at radius 1 is 1.18 bits per heavy atom. The maximum atomic E-state index is 5.09. The quantitative estimate of drug-likeness (QED) is 0.567. The molecule has 0 aliphatic rings. The lowest BCUT2D eigenvalue weighted by Crippen LogP contribution is -2.05. The highest BCUT2D eigenvalue weighted by molar-refractivity contribution is 7.74. The van der Waals surface area contributed by atoms with Crippen LogP contribution in [0.5, 0.6) is 0 Å². The normalized spacial score (nSPS) is 12.0. The molecule has 0 heterocycles. The minimum Gasteiger partial charge on any atom is -0.381 e. The third-order valence-electron chi connectivity index (χ3n) is 2.02. The van der Waals surface area contributed by atoms with Crippen LogP contribution in [-0.4, -0.2) is 39.4 Å². The minimum atomic E-state index is -0.601. The topological polar surface area (TPSA) is 9.23 Å². The molecule has 0 saturated carbocycles. The summed E-state index contributed by atoms with van der Waals surface area (Å²) in [5.74, 6) is 0. The number of ether oxygens (including phenoxy) is 1. The van der Waals surface area contributed by atoms with E-state index in [9.17, 15) is 0 Å². The number of rotatable bonds is 6. The van der Waals surface area contributed by atoms with Gasteiger partial charge in [0.2, 0.25) is 0 Å². The van der Waals surface area contributed by atoms with Gasteiger partial charge in [0.1, 0.15) is 0 Å². The maximum Gasteiger partial charge on any atom is 0.0822 e. The third kappa shape index (κ3) is 6.77. The highest BCUT2D eigenvalue weighted by Gasteiger charge is 2.22. The zero-order valence-corrected chi connectivity index (χ0v) is 9.29. The van der Waals surface area contributed by atoms with Crippen molar-refractivity contribution in [1.29, 1.82) is 0 Å². The van der Waals surface area contributed by atoms with Gasteiger partial charge in [-0.2, -0.15) is 0 Å². The molecular weight excluding hydrogens is 155 g/mol. The zero-order chi connectivity index (χ0) is 8.74. The van der Waals surface area contributed by atoms with Gasteiger partial charge in [-0.3, -0.25) is 0 Å². The van der Waals surface area contributed by atoms with Gasteiger partial charge < -0.3 is 4.74 Å². The van der Waals surface area contributed by atoms with Crippen LogP contribution in [0.15, 0.2) is 0 Å². The van der Waals surface area contributed by atoms with Gasteiger partial charge in [-0.05, 0) is 6.42 Å². The Hall–Kier alpha value is 0.390. The molecule has 0 radical (unpaired) electrons. The van der Waals surface area contributed by atoms with Crippen molar-refractivity contribution in [2.45, 2.75) is 19.8 Å². The first kappa shape index (κ1) is 11.4. The van der Waals surface area contributed by atoms with Crippen molar-refractivity contribution in [3.63, 3.8) is 0 Å². The van der Waals surface area contributed by atoms with Gasteiger partial charge in [0.05, 0.1) is 18.9 Å². The van der Waals surface area contributed by atoms with E-state index < -0.39 is 7.26 Å². The van der Waals surface area contributed by atoms with Crippen LogP contribution in [0, 0.1) is 0 Å². The number of hydrogen-bond donors (Lipinski definition) is 0. The van der Waals surface area contributed by atoms with Crippen molar-refractivity contribution in [3.8, 4) is 0 Å². The van der Waals surface area contributed by atoms with E-state index >= 15 is 0 Å². The summed E-state index contributed by atoms with van der Waals surface area (Å²) in [7, 11) is 1.19. The van der Waals surface area contributed by atoms with Gasteiger partial charge in [-0.15, -0.1) is 0 Å². The molecule has 0 rings (SSSR count). The Morgan fingerprint density at radius 2 is 1.82 bits per heavy atom.